The summed E-state index contributed by atoms with van der Waals surface area (Å²) in [6.45, 7) is 6.94. The highest BCUT2D eigenvalue weighted by Gasteiger charge is 2.48. The lowest BCUT2D eigenvalue weighted by atomic mass is 10.0. The van der Waals surface area contributed by atoms with Crippen molar-refractivity contribution >= 4 is 17.3 Å². The second-order valence-corrected chi connectivity index (χ2v) is 9.44. The molecule has 1 N–H and O–H groups in total. The standard InChI is InChI=1S/C26H31N3O3/c30-26-22-17-21(22)20-7-6-19(16-23(20)27-26)31-14-2-1-9-28-10-12-29(13-11-28)24-5-3-4-18-8-15-32-25(18)24/h3-7,16,21-22H,1-2,8-15,17H2,(H,27,30)/t21-,22-/m1/s1. The summed E-state index contributed by atoms with van der Waals surface area (Å²) in [5.41, 5.74) is 4.83. The van der Waals surface area contributed by atoms with Crippen LogP contribution in [0.5, 0.6) is 11.5 Å². The number of rotatable bonds is 7. The van der Waals surface area contributed by atoms with E-state index in [0.717, 1.165) is 82.2 Å². The molecule has 0 bridgehead atoms. The summed E-state index contributed by atoms with van der Waals surface area (Å²) in [6, 6.07) is 12.7. The van der Waals surface area contributed by atoms with Gasteiger partial charge in [-0.2, -0.15) is 0 Å². The van der Waals surface area contributed by atoms with Crippen LogP contribution < -0.4 is 19.7 Å². The van der Waals surface area contributed by atoms with E-state index in [9.17, 15) is 4.79 Å². The summed E-state index contributed by atoms with van der Waals surface area (Å²) in [7, 11) is 0. The third kappa shape index (κ3) is 3.81. The number of anilines is 2. The molecule has 2 atom stereocenters. The number of carbonyl (C=O) groups excluding carboxylic acids is 1. The first-order valence-electron chi connectivity index (χ1n) is 12.1. The first-order valence-corrected chi connectivity index (χ1v) is 12.1. The molecule has 6 nitrogen and oxygen atoms in total. The van der Waals surface area contributed by atoms with Gasteiger partial charge < -0.3 is 19.7 Å². The van der Waals surface area contributed by atoms with E-state index in [1.54, 1.807) is 0 Å². The Morgan fingerprint density at radius 1 is 1.06 bits per heavy atom. The van der Waals surface area contributed by atoms with E-state index in [1.807, 2.05) is 6.07 Å². The predicted molar refractivity (Wildman–Crippen MR) is 125 cm³/mol. The van der Waals surface area contributed by atoms with Gasteiger partial charge in [-0.3, -0.25) is 9.69 Å². The fraction of sp³-hybridized carbons (Fsp3) is 0.500. The Hall–Kier alpha value is -2.73. The molecule has 0 aromatic heterocycles. The molecule has 4 aliphatic rings. The first-order chi connectivity index (χ1) is 15.8. The number of piperazine rings is 1. The minimum atomic E-state index is 0.170. The zero-order valence-electron chi connectivity index (χ0n) is 18.5. The second-order valence-electron chi connectivity index (χ2n) is 9.44. The average Bonchev–Trinajstić information content (AvgIpc) is 3.49. The summed E-state index contributed by atoms with van der Waals surface area (Å²) < 4.78 is 11.9. The van der Waals surface area contributed by atoms with Crippen molar-refractivity contribution in [2.24, 2.45) is 5.92 Å². The number of unbranched alkanes of at least 4 members (excludes halogenated alkanes) is 1. The molecule has 1 amide bonds. The van der Waals surface area contributed by atoms with Gasteiger partial charge in [0.15, 0.2) is 0 Å². The number of nitrogens with one attached hydrogen (secondary N) is 1. The molecule has 2 aromatic rings. The predicted octanol–water partition coefficient (Wildman–Crippen LogP) is 3.66. The Kier molecular flexibility index (Phi) is 5.18. The van der Waals surface area contributed by atoms with E-state index >= 15 is 0 Å². The van der Waals surface area contributed by atoms with Gasteiger partial charge in [0.05, 0.1) is 18.9 Å². The smallest absolute Gasteiger partial charge is 0.228 e. The summed E-state index contributed by atoms with van der Waals surface area (Å²) >= 11 is 0. The molecule has 6 rings (SSSR count). The van der Waals surface area contributed by atoms with Crippen molar-refractivity contribution in [1.82, 2.24) is 4.90 Å². The zero-order chi connectivity index (χ0) is 21.5. The molecule has 0 radical (unpaired) electrons. The summed E-state index contributed by atoms with van der Waals surface area (Å²) in [6.07, 6.45) is 4.20. The quantitative estimate of drug-likeness (QED) is 0.676. The molecule has 3 heterocycles. The van der Waals surface area contributed by atoms with Gasteiger partial charge in [-0.1, -0.05) is 18.2 Å². The third-order valence-corrected chi connectivity index (χ3v) is 7.35. The SMILES string of the molecule is O=C1Nc2cc(OCCCCN3CCN(c4cccc5c4OCC5)CC3)ccc2[C@H]2C[C@@H]12. The van der Waals surface area contributed by atoms with Crippen LogP contribution in [0.15, 0.2) is 36.4 Å². The van der Waals surface area contributed by atoms with E-state index in [-0.39, 0.29) is 11.8 Å². The molecule has 168 valence electrons. The molecule has 1 saturated heterocycles. The van der Waals surface area contributed by atoms with Crippen LogP contribution in [-0.4, -0.2) is 56.7 Å². The monoisotopic (exact) mass is 433 g/mol. The molecule has 32 heavy (non-hydrogen) atoms. The van der Waals surface area contributed by atoms with Crippen LogP contribution in [-0.2, 0) is 11.2 Å². The minimum absolute atomic E-state index is 0.170. The van der Waals surface area contributed by atoms with E-state index in [1.165, 1.54) is 16.8 Å². The van der Waals surface area contributed by atoms with Crippen molar-refractivity contribution in [3.8, 4) is 11.5 Å². The number of hydrogen-bond acceptors (Lipinski definition) is 5. The number of nitrogens with zero attached hydrogens (tertiary/aromatic N) is 2. The molecule has 1 aliphatic carbocycles. The van der Waals surface area contributed by atoms with Crippen molar-refractivity contribution in [2.45, 2.75) is 31.6 Å². The van der Waals surface area contributed by atoms with E-state index in [0.29, 0.717) is 12.5 Å². The average molecular weight is 434 g/mol. The fourth-order valence-electron chi connectivity index (χ4n) is 5.40. The van der Waals surface area contributed by atoms with E-state index in [4.69, 9.17) is 9.47 Å². The lowest BCUT2D eigenvalue weighted by Crippen LogP contribution is -2.46. The maximum Gasteiger partial charge on any atom is 0.228 e. The number of benzene rings is 2. The summed E-state index contributed by atoms with van der Waals surface area (Å²) in [4.78, 5) is 17.0. The molecule has 2 aromatic carbocycles. The number of carbonyl (C=O) groups is 1. The lowest BCUT2D eigenvalue weighted by Gasteiger charge is -2.36. The van der Waals surface area contributed by atoms with Crippen LogP contribution in [0.2, 0.25) is 0 Å². The van der Waals surface area contributed by atoms with Gasteiger partial charge in [0.2, 0.25) is 5.91 Å². The Bertz CT molecular complexity index is 1020. The highest BCUT2D eigenvalue weighted by atomic mass is 16.5. The van der Waals surface area contributed by atoms with Crippen LogP contribution >= 0.6 is 0 Å². The largest absolute Gasteiger partial charge is 0.494 e. The van der Waals surface area contributed by atoms with Gasteiger partial charge in [0, 0.05) is 50.3 Å². The van der Waals surface area contributed by atoms with Gasteiger partial charge in [-0.15, -0.1) is 0 Å². The van der Waals surface area contributed by atoms with Gasteiger partial charge in [0.1, 0.15) is 11.5 Å². The number of ether oxygens (including phenoxy) is 2. The van der Waals surface area contributed by atoms with Crippen molar-refractivity contribution in [3.63, 3.8) is 0 Å². The number of para-hydroxylation sites is 1. The number of hydrogen-bond donors (Lipinski definition) is 1. The van der Waals surface area contributed by atoms with E-state index in [2.05, 4.69) is 45.4 Å². The zero-order valence-corrected chi connectivity index (χ0v) is 18.5. The summed E-state index contributed by atoms with van der Waals surface area (Å²) in [5, 5.41) is 3.03. The molecular formula is C26H31N3O3. The first kappa shape index (κ1) is 19.9. The molecule has 0 spiro atoms. The van der Waals surface area contributed by atoms with Gasteiger partial charge >= 0.3 is 0 Å². The molecular weight excluding hydrogens is 402 g/mol. The molecule has 0 unspecified atom stereocenters. The molecule has 6 heteroatoms. The highest BCUT2D eigenvalue weighted by Crippen LogP contribution is 2.53. The molecule has 2 fully saturated rings. The lowest BCUT2D eigenvalue weighted by molar-refractivity contribution is -0.117. The minimum Gasteiger partial charge on any atom is -0.494 e. The molecule has 3 aliphatic heterocycles. The van der Waals surface area contributed by atoms with Crippen molar-refractivity contribution in [3.05, 3.63) is 47.5 Å². The van der Waals surface area contributed by atoms with E-state index < -0.39 is 0 Å². The maximum absolute atomic E-state index is 11.9. The normalized spacial score (nSPS) is 23.6. The van der Waals surface area contributed by atoms with Crippen molar-refractivity contribution in [1.29, 1.82) is 0 Å². The topological polar surface area (TPSA) is 54.0 Å². The van der Waals surface area contributed by atoms with Gasteiger partial charge in [-0.25, -0.2) is 0 Å². The van der Waals surface area contributed by atoms with Crippen LogP contribution in [0.1, 0.15) is 36.3 Å². The Balaban J connectivity index is 0.927. The highest BCUT2D eigenvalue weighted by molar-refractivity contribution is 5.99. The Labute approximate surface area is 189 Å². The van der Waals surface area contributed by atoms with Crippen LogP contribution in [0.25, 0.3) is 0 Å². The summed E-state index contributed by atoms with van der Waals surface area (Å²) in [5.74, 6) is 2.77. The van der Waals surface area contributed by atoms with Crippen LogP contribution in [0, 0.1) is 5.92 Å². The third-order valence-electron chi connectivity index (χ3n) is 7.35. The van der Waals surface area contributed by atoms with Crippen LogP contribution in [0.3, 0.4) is 0 Å². The van der Waals surface area contributed by atoms with Crippen molar-refractivity contribution in [2.75, 3.05) is 56.2 Å². The Morgan fingerprint density at radius 3 is 2.88 bits per heavy atom. The van der Waals surface area contributed by atoms with Crippen molar-refractivity contribution < 1.29 is 14.3 Å². The fourth-order valence-corrected chi connectivity index (χ4v) is 5.40. The number of amides is 1. The Morgan fingerprint density at radius 2 is 1.97 bits per heavy atom. The maximum atomic E-state index is 11.9. The van der Waals surface area contributed by atoms with Crippen LogP contribution in [0.4, 0.5) is 11.4 Å². The second kappa shape index (κ2) is 8.32. The molecule has 1 saturated carbocycles. The number of fused-ring (bicyclic) bond motifs is 4. The van der Waals surface area contributed by atoms with Gasteiger partial charge in [-0.05, 0) is 55.0 Å². The van der Waals surface area contributed by atoms with Gasteiger partial charge in [0.25, 0.3) is 0 Å².